The van der Waals surface area contributed by atoms with E-state index >= 15 is 0 Å². The first-order chi connectivity index (χ1) is 15.4. The number of aromatic nitrogens is 5. The number of methoxy groups -OCH3 is 1. The maximum atomic E-state index is 12.1. The molecule has 2 aliphatic rings. The van der Waals surface area contributed by atoms with E-state index in [9.17, 15) is 4.79 Å². The summed E-state index contributed by atoms with van der Waals surface area (Å²) in [6.07, 6.45) is 7.87. The second-order valence-electron chi connectivity index (χ2n) is 9.14. The van der Waals surface area contributed by atoms with Crippen LogP contribution in [0.2, 0.25) is 0 Å². The summed E-state index contributed by atoms with van der Waals surface area (Å²) in [5.41, 5.74) is 3.60. The van der Waals surface area contributed by atoms with Crippen molar-refractivity contribution in [3.63, 3.8) is 0 Å². The summed E-state index contributed by atoms with van der Waals surface area (Å²) in [6.45, 7) is 2.47. The van der Waals surface area contributed by atoms with Gasteiger partial charge in [-0.1, -0.05) is 0 Å². The van der Waals surface area contributed by atoms with E-state index in [0.29, 0.717) is 12.4 Å². The van der Waals surface area contributed by atoms with Crippen LogP contribution in [-0.2, 0) is 23.1 Å². The molecule has 2 aliphatic carbocycles. The van der Waals surface area contributed by atoms with Gasteiger partial charge in [-0.3, -0.25) is 14.8 Å². The molecule has 1 amide bonds. The van der Waals surface area contributed by atoms with Gasteiger partial charge in [0.1, 0.15) is 6.10 Å². The Hall–Kier alpha value is -3.14. The van der Waals surface area contributed by atoms with Crippen LogP contribution >= 0.6 is 0 Å². The lowest BCUT2D eigenvalue weighted by molar-refractivity contribution is 0.0967. The fourth-order valence-electron chi connectivity index (χ4n) is 4.45. The molecular weight excluding hydrogens is 410 g/mol. The van der Waals surface area contributed by atoms with Crippen LogP contribution in [-0.4, -0.2) is 49.8 Å². The number of carbonyl (C=O) groups excluding carboxylic acids is 1. The third-order valence-corrected chi connectivity index (χ3v) is 6.47. The van der Waals surface area contributed by atoms with E-state index < -0.39 is 0 Å². The van der Waals surface area contributed by atoms with Crippen LogP contribution in [0.4, 0.5) is 16.3 Å². The molecule has 2 fully saturated rings. The topological polar surface area (TPSA) is 119 Å². The molecule has 5 rings (SSSR count). The number of amides is 1. The van der Waals surface area contributed by atoms with E-state index in [2.05, 4.69) is 30.9 Å². The highest BCUT2D eigenvalue weighted by atomic mass is 16.6. The zero-order chi connectivity index (χ0) is 22.3. The molecule has 0 aliphatic heterocycles. The molecule has 3 aromatic rings. The molecule has 32 heavy (non-hydrogen) atoms. The molecule has 0 bridgehead atoms. The first-order valence-corrected chi connectivity index (χ1v) is 11.0. The lowest BCUT2D eigenvalue weighted by Crippen LogP contribution is -2.36. The van der Waals surface area contributed by atoms with Crippen LogP contribution in [0.1, 0.15) is 56.3 Å². The summed E-state index contributed by atoms with van der Waals surface area (Å²) < 4.78 is 12.7. The van der Waals surface area contributed by atoms with Gasteiger partial charge in [-0.05, 0) is 39.0 Å². The highest BCUT2D eigenvalue weighted by molar-refractivity contribution is 5.93. The smallest absolute Gasteiger partial charge is 0.407 e. The lowest BCUT2D eigenvalue weighted by Gasteiger charge is -2.16. The summed E-state index contributed by atoms with van der Waals surface area (Å²) in [7, 11) is 3.56. The Labute approximate surface area is 186 Å². The second kappa shape index (κ2) is 8.09. The number of nitrogens with zero attached hydrogens (tertiary/aromatic N) is 4. The van der Waals surface area contributed by atoms with E-state index in [-0.39, 0.29) is 23.7 Å². The monoisotopic (exact) mass is 439 g/mol. The molecule has 2 saturated carbocycles. The normalized spacial score (nSPS) is 21.6. The van der Waals surface area contributed by atoms with Gasteiger partial charge in [-0.2, -0.15) is 10.2 Å². The first-order valence-electron chi connectivity index (χ1n) is 11.0. The lowest BCUT2D eigenvalue weighted by atomic mass is 10.0. The molecule has 3 N–H and O–H groups in total. The van der Waals surface area contributed by atoms with Crippen molar-refractivity contribution in [1.82, 2.24) is 30.3 Å². The number of fused-ring (bicyclic) bond motifs is 1. The average Bonchev–Trinajstić information content (AvgIpc) is 3.13. The fourth-order valence-corrected chi connectivity index (χ4v) is 4.45. The predicted octanol–water partition coefficient (Wildman–Crippen LogP) is 3.50. The molecule has 0 radical (unpaired) electrons. The number of anilines is 2. The number of hydrogen-bond donors (Lipinski definition) is 3. The summed E-state index contributed by atoms with van der Waals surface area (Å²) in [4.78, 5) is 16.5. The van der Waals surface area contributed by atoms with Gasteiger partial charge in [0.05, 0.1) is 29.7 Å². The van der Waals surface area contributed by atoms with E-state index in [4.69, 9.17) is 9.47 Å². The van der Waals surface area contributed by atoms with Gasteiger partial charge in [0.2, 0.25) is 0 Å². The first kappa shape index (κ1) is 20.7. The molecule has 170 valence electrons. The van der Waals surface area contributed by atoms with Crippen LogP contribution in [0.3, 0.4) is 0 Å². The Kier molecular flexibility index (Phi) is 5.24. The van der Waals surface area contributed by atoms with Crippen molar-refractivity contribution in [2.24, 2.45) is 7.05 Å². The highest BCUT2D eigenvalue weighted by Crippen LogP contribution is 2.38. The standard InChI is InChI=1S/C22H29N7O3/c1-22(6-7-22)25-21(30)32-14-5-4-13(8-14)16-9-19(27-26-16)24-17-11-23-10-15-18(12-31-3)28-29(2)20(15)17/h9-11,13-14H,4-8,12H2,1-3H3,(H,25,30)(H2,24,26,27). The predicted molar refractivity (Wildman–Crippen MR) is 119 cm³/mol. The van der Waals surface area contributed by atoms with Crippen molar-refractivity contribution in [2.45, 2.75) is 63.2 Å². The van der Waals surface area contributed by atoms with Crippen molar-refractivity contribution in [3.05, 3.63) is 29.8 Å². The maximum absolute atomic E-state index is 12.1. The van der Waals surface area contributed by atoms with Gasteiger partial charge in [-0.25, -0.2) is 4.79 Å². The zero-order valence-electron chi connectivity index (χ0n) is 18.6. The van der Waals surface area contributed by atoms with Crippen LogP contribution in [0.15, 0.2) is 18.5 Å². The molecule has 2 unspecified atom stereocenters. The number of pyridine rings is 1. The number of nitrogens with one attached hydrogen (secondary N) is 3. The van der Waals surface area contributed by atoms with Crippen molar-refractivity contribution >= 4 is 28.5 Å². The number of hydrogen-bond acceptors (Lipinski definition) is 7. The third-order valence-electron chi connectivity index (χ3n) is 6.47. The Bertz CT molecular complexity index is 1130. The molecular formula is C22H29N7O3. The van der Waals surface area contributed by atoms with Gasteiger partial charge < -0.3 is 20.1 Å². The van der Waals surface area contributed by atoms with E-state index in [1.165, 1.54) is 0 Å². The minimum absolute atomic E-state index is 0.0606. The minimum Gasteiger partial charge on any atom is -0.446 e. The molecule has 0 saturated heterocycles. The van der Waals surface area contributed by atoms with Gasteiger partial charge in [0.15, 0.2) is 5.82 Å². The Balaban J connectivity index is 1.24. The van der Waals surface area contributed by atoms with Crippen molar-refractivity contribution < 1.29 is 14.3 Å². The van der Waals surface area contributed by atoms with Crippen molar-refractivity contribution in [3.8, 4) is 0 Å². The Morgan fingerprint density at radius 3 is 2.97 bits per heavy atom. The number of carbonyl (C=O) groups is 1. The molecule has 2 atom stereocenters. The Morgan fingerprint density at radius 2 is 2.19 bits per heavy atom. The average molecular weight is 440 g/mol. The summed E-state index contributed by atoms with van der Waals surface area (Å²) in [5.74, 6) is 0.999. The fraction of sp³-hybridized carbons (Fsp3) is 0.545. The number of aromatic amines is 1. The van der Waals surface area contributed by atoms with Crippen LogP contribution in [0.5, 0.6) is 0 Å². The van der Waals surface area contributed by atoms with Gasteiger partial charge in [0, 0.05) is 49.0 Å². The number of ether oxygens (including phenoxy) is 2. The van der Waals surface area contributed by atoms with Crippen LogP contribution < -0.4 is 10.6 Å². The summed E-state index contributed by atoms with van der Waals surface area (Å²) >= 11 is 0. The third kappa shape index (κ3) is 4.14. The molecule has 10 nitrogen and oxygen atoms in total. The number of H-pyrrole nitrogens is 1. The number of alkyl carbamates (subject to hydrolysis) is 1. The molecule has 0 aromatic carbocycles. The van der Waals surface area contributed by atoms with Crippen LogP contribution in [0.25, 0.3) is 10.9 Å². The van der Waals surface area contributed by atoms with Gasteiger partial charge in [0.25, 0.3) is 0 Å². The number of rotatable bonds is 7. The van der Waals surface area contributed by atoms with Crippen molar-refractivity contribution in [2.75, 3.05) is 12.4 Å². The van der Waals surface area contributed by atoms with Gasteiger partial charge in [-0.15, -0.1) is 0 Å². The molecule has 0 spiro atoms. The maximum Gasteiger partial charge on any atom is 0.407 e. The van der Waals surface area contributed by atoms with Crippen LogP contribution in [0, 0.1) is 0 Å². The minimum atomic E-state index is -0.299. The SMILES string of the molecule is COCc1nn(C)c2c(Nc3cc(C4CCC(OC(=O)NC5(C)CC5)C4)[nH]n3)cncc12. The van der Waals surface area contributed by atoms with E-state index in [0.717, 1.165) is 60.1 Å². The second-order valence-corrected chi connectivity index (χ2v) is 9.14. The summed E-state index contributed by atoms with van der Waals surface area (Å²) in [6, 6.07) is 2.02. The zero-order valence-corrected chi connectivity index (χ0v) is 18.6. The van der Waals surface area contributed by atoms with E-state index in [1.807, 2.05) is 24.7 Å². The highest BCUT2D eigenvalue weighted by Gasteiger charge is 2.40. The van der Waals surface area contributed by atoms with Crippen molar-refractivity contribution in [1.29, 1.82) is 0 Å². The summed E-state index contributed by atoms with van der Waals surface area (Å²) in [5, 5.41) is 19.4. The molecule has 10 heteroatoms. The number of aryl methyl sites for hydroxylation is 1. The molecule has 3 aromatic heterocycles. The Morgan fingerprint density at radius 1 is 1.34 bits per heavy atom. The van der Waals surface area contributed by atoms with E-state index in [1.54, 1.807) is 19.5 Å². The largest absolute Gasteiger partial charge is 0.446 e. The van der Waals surface area contributed by atoms with Gasteiger partial charge >= 0.3 is 6.09 Å². The quantitative estimate of drug-likeness (QED) is 0.515. The molecule has 3 heterocycles.